The zero-order valence-corrected chi connectivity index (χ0v) is 5.88. The van der Waals surface area contributed by atoms with Crippen LogP contribution >= 0.6 is 0 Å². The van der Waals surface area contributed by atoms with Crippen molar-refractivity contribution in [3.05, 3.63) is 0 Å². The lowest BCUT2D eigenvalue weighted by Crippen LogP contribution is -2.35. The van der Waals surface area contributed by atoms with E-state index in [1.807, 2.05) is 0 Å². The first-order valence-electron chi connectivity index (χ1n) is 3.24. The molecule has 1 aliphatic heterocycles. The number of nitrogens with two attached hydrogens (primary N) is 1. The molecular formula is C6H11FN2O. The number of hydrogen-bond donors (Lipinski definition) is 1. The number of hydrogen-bond acceptors (Lipinski definition) is 3. The maximum absolute atomic E-state index is 12.5. The van der Waals surface area contributed by atoms with Gasteiger partial charge in [-0.1, -0.05) is 0 Å². The van der Waals surface area contributed by atoms with Gasteiger partial charge in [-0.25, -0.2) is 4.39 Å². The smallest absolute Gasteiger partial charge is 0.122 e. The largest absolute Gasteiger partial charge is 0.386 e. The number of ether oxygens (including phenoxy) is 1. The molecule has 0 aliphatic carbocycles. The minimum atomic E-state index is -0.973. The number of rotatable bonds is 1. The molecule has 0 fully saturated rings. The van der Waals surface area contributed by atoms with E-state index >= 15 is 0 Å². The van der Waals surface area contributed by atoms with Gasteiger partial charge in [0.15, 0.2) is 0 Å². The summed E-state index contributed by atoms with van der Waals surface area (Å²) >= 11 is 0. The second-order valence-corrected chi connectivity index (χ2v) is 2.38. The number of alkyl halides is 1. The zero-order chi connectivity index (χ0) is 7.56. The van der Waals surface area contributed by atoms with Crippen LogP contribution in [0.15, 0.2) is 4.99 Å². The molecule has 1 heterocycles. The van der Waals surface area contributed by atoms with Crippen LogP contribution in [0.2, 0.25) is 0 Å². The van der Waals surface area contributed by atoms with Crippen molar-refractivity contribution >= 4 is 5.84 Å². The highest BCUT2D eigenvalue weighted by molar-refractivity contribution is 5.82. The summed E-state index contributed by atoms with van der Waals surface area (Å²) < 4.78 is 17.5. The second kappa shape index (κ2) is 2.96. The van der Waals surface area contributed by atoms with Crippen LogP contribution in [0, 0.1) is 0 Å². The first kappa shape index (κ1) is 7.47. The van der Waals surface area contributed by atoms with Crippen LogP contribution < -0.4 is 5.73 Å². The van der Waals surface area contributed by atoms with Crippen molar-refractivity contribution in [2.75, 3.05) is 13.2 Å². The molecule has 58 valence electrons. The van der Waals surface area contributed by atoms with Gasteiger partial charge in [0.05, 0.1) is 6.61 Å². The average Bonchev–Trinajstić information content (AvgIpc) is 1.88. The molecule has 0 saturated carbocycles. The van der Waals surface area contributed by atoms with Gasteiger partial charge in [-0.05, 0) is 6.92 Å². The van der Waals surface area contributed by atoms with Crippen molar-refractivity contribution in [2.45, 2.75) is 19.1 Å². The summed E-state index contributed by atoms with van der Waals surface area (Å²) in [6.07, 6.45) is -0.973. The highest BCUT2D eigenvalue weighted by atomic mass is 19.1. The summed E-state index contributed by atoms with van der Waals surface area (Å²) in [4.78, 5) is 3.88. The summed E-state index contributed by atoms with van der Waals surface area (Å²) in [5.41, 5.74) is 5.32. The van der Waals surface area contributed by atoms with Crippen LogP contribution in [0.5, 0.6) is 0 Å². The first-order valence-corrected chi connectivity index (χ1v) is 3.24. The topological polar surface area (TPSA) is 47.6 Å². The third kappa shape index (κ3) is 1.67. The molecule has 2 unspecified atom stereocenters. The Morgan fingerprint density at radius 2 is 2.60 bits per heavy atom. The summed E-state index contributed by atoms with van der Waals surface area (Å²) in [6.45, 7) is 2.14. The Balaban J connectivity index is 2.53. The fourth-order valence-corrected chi connectivity index (χ4v) is 0.807. The first-order chi connectivity index (χ1) is 4.70. The highest BCUT2D eigenvalue weighted by Gasteiger charge is 2.19. The molecule has 0 spiro atoms. The van der Waals surface area contributed by atoms with Crippen LogP contribution in [0.25, 0.3) is 0 Å². The molecule has 0 saturated heterocycles. The monoisotopic (exact) mass is 146 g/mol. The number of halogens is 1. The van der Waals surface area contributed by atoms with Crippen molar-refractivity contribution in [1.29, 1.82) is 0 Å². The molecule has 3 nitrogen and oxygen atoms in total. The Morgan fingerprint density at radius 3 is 3.00 bits per heavy atom. The van der Waals surface area contributed by atoms with E-state index in [0.29, 0.717) is 19.0 Å². The lowest BCUT2D eigenvalue weighted by atomic mass is 10.2. The van der Waals surface area contributed by atoms with Crippen LogP contribution in [0.4, 0.5) is 4.39 Å². The van der Waals surface area contributed by atoms with Gasteiger partial charge in [-0.3, -0.25) is 4.99 Å². The molecule has 0 aromatic heterocycles. The van der Waals surface area contributed by atoms with Crippen LogP contribution in [0.1, 0.15) is 6.92 Å². The van der Waals surface area contributed by atoms with E-state index in [2.05, 4.69) is 4.99 Å². The predicted molar refractivity (Wildman–Crippen MR) is 36.8 cm³/mol. The Kier molecular flexibility index (Phi) is 2.21. The summed E-state index contributed by atoms with van der Waals surface area (Å²) in [7, 11) is 0. The third-order valence-corrected chi connectivity index (χ3v) is 1.40. The van der Waals surface area contributed by atoms with Crippen molar-refractivity contribution in [3.63, 3.8) is 0 Å². The fourth-order valence-electron chi connectivity index (χ4n) is 0.807. The molecule has 0 aromatic rings. The van der Waals surface area contributed by atoms with Gasteiger partial charge in [0, 0.05) is 0 Å². The Bertz CT molecular complexity index is 147. The van der Waals surface area contributed by atoms with E-state index in [1.165, 1.54) is 6.92 Å². The molecule has 2 atom stereocenters. The summed E-state index contributed by atoms with van der Waals surface area (Å²) in [6, 6.07) is -0.395. The molecular weight excluding hydrogens is 135 g/mol. The third-order valence-electron chi connectivity index (χ3n) is 1.40. The van der Waals surface area contributed by atoms with Crippen LogP contribution in [0.3, 0.4) is 0 Å². The molecule has 0 radical (unpaired) electrons. The van der Waals surface area contributed by atoms with Gasteiger partial charge in [-0.15, -0.1) is 0 Å². The van der Waals surface area contributed by atoms with Gasteiger partial charge in [0.1, 0.15) is 24.7 Å². The van der Waals surface area contributed by atoms with E-state index < -0.39 is 12.2 Å². The van der Waals surface area contributed by atoms with Gasteiger partial charge >= 0.3 is 0 Å². The summed E-state index contributed by atoms with van der Waals surface area (Å²) in [5.74, 6) is 0.390. The minimum Gasteiger partial charge on any atom is -0.386 e. The maximum atomic E-state index is 12.5. The van der Waals surface area contributed by atoms with Crippen molar-refractivity contribution in [1.82, 2.24) is 0 Å². The lowest BCUT2D eigenvalue weighted by molar-refractivity contribution is 0.114. The number of amidine groups is 1. The second-order valence-electron chi connectivity index (χ2n) is 2.38. The van der Waals surface area contributed by atoms with E-state index in [9.17, 15) is 4.39 Å². The van der Waals surface area contributed by atoms with Crippen molar-refractivity contribution < 1.29 is 9.13 Å². The fraction of sp³-hybridized carbons (Fsp3) is 0.833. The Labute approximate surface area is 59.1 Å². The normalized spacial score (nSPS) is 29.4. The Morgan fingerprint density at radius 1 is 1.90 bits per heavy atom. The predicted octanol–water partition coefficient (Wildman–Crippen LogP) is 0.100. The lowest BCUT2D eigenvalue weighted by Gasteiger charge is -2.19. The molecule has 10 heavy (non-hydrogen) atoms. The molecule has 4 heteroatoms. The van der Waals surface area contributed by atoms with E-state index in [0.717, 1.165) is 0 Å². The SMILES string of the molecule is CC(F)C1COCC(N)=N1. The van der Waals surface area contributed by atoms with E-state index in [4.69, 9.17) is 10.5 Å². The van der Waals surface area contributed by atoms with Gasteiger partial charge < -0.3 is 10.5 Å². The molecule has 2 N–H and O–H groups in total. The molecule has 0 aromatic carbocycles. The van der Waals surface area contributed by atoms with Crippen LogP contribution in [-0.4, -0.2) is 31.3 Å². The van der Waals surface area contributed by atoms with Gasteiger partial charge in [-0.2, -0.15) is 0 Å². The Hall–Kier alpha value is -0.640. The molecule has 0 amide bonds. The quantitative estimate of drug-likeness (QED) is 0.570. The number of nitrogens with zero attached hydrogens (tertiary/aromatic N) is 1. The van der Waals surface area contributed by atoms with E-state index in [-0.39, 0.29) is 0 Å². The van der Waals surface area contributed by atoms with Crippen LogP contribution in [-0.2, 0) is 4.74 Å². The average molecular weight is 146 g/mol. The van der Waals surface area contributed by atoms with Crippen molar-refractivity contribution in [2.24, 2.45) is 10.7 Å². The molecule has 0 bridgehead atoms. The minimum absolute atomic E-state index is 0.337. The standard InChI is InChI=1S/C6H11FN2O/c1-4(7)5-2-10-3-6(8)9-5/h4-5H,2-3H2,1H3,(H2,8,9). The molecule has 1 aliphatic rings. The number of aliphatic imine (C=N–C) groups is 1. The van der Waals surface area contributed by atoms with Gasteiger partial charge in [0.2, 0.25) is 0 Å². The maximum Gasteiger partial charge on any atom is 0.122 e. The van der Waals surface area contributed by atoms with Gasteiger partial charge in [0.25, 0.3) is 0 Å². The highest BCUT2D eigenvalue weighted by Crippen LogP contribution is 2.06. The molecule has 1 rings (SSSR count). The van der Waals surface area contributed by atoms with E-state index in [1.54, 1.807) is 0 Å². The van der Waals surface area contributed by atoms with Crippen molar-refractivity contribution in [3.8, 4) is 0 Å². The zero-order valence-electron chi connectivity index (χ0n) is 5.88. The summed E-state index contributed by atoms with van der Waals surface area (Å²) in [5, 5.41) is 0.